The van der Waals surface area contributed by atoms with Gasteiger partial charge in [0.05, 0.1) is 12.5 Å². The smallest absolute Gasteiger partial charge is 0.123 e. The largest absolute Gasteiger partial charge is 0.493 e. The van der Waals surface area contributed by atoms with Crippen molar-refractivity contribution in [2.45, 2.75) is 12.3 Å². The lowest BCUT2D eigenvalue weighted by Gasteiger charge is -2.26. The average molecular weight is 339 g/mol. The summed E-state index contributed by atoms with van der Waals surface area (Å²) in [5.74, 6) is 1.16. The quantitative estimate of drug-likeness (QED) is 0.459. The highest BCUT2D eigenvalue weighted by Crippen LogP contribution is 2.42. The van der Waals surface area contributed by atoms with Crippen LogP contribution in [0.5, 0.6) is 5.75 Å². The van der Waals surface area contributed by atoms with Gasteiger partial charge < -0.3 is 9.30 Å². The maximum atomic E-state index is 6.19. The minimum Gasteiger partial charge on any atom is -0.493 e. The monoisotopic (exact) mass is 339 g/mol. The molecule has 0 amide bonds. The van der Waals surface area contributed by atoms with Gasteiger partial charge in [-0.25, -0.2) is 0 Å². The molecule has 26 heavy (non-hydrogen) atoms. The molecule has 2 nitrogen and oxygen atoms in total. The van der Waals surface area contributed by atoms with Gasteiger partial charge in [-0.1, -0.05) is 66.7 Å². The van der Waals surface area contributed by atoms with E-state index in [1.54, 1.807) is 0 Å². The van der Waals surface area contributed by atoms with E-state index in [0.717, 1.165) is 12.2 Å². The topological polar surface area (TPSA) is 14.2 Å². The van der Waals surface area contributed by atoms with Gasteiger partial charge in [-0.15, -0.1) is 0 Å². The highest BCUT2D eigenvalue weighted by atomic mass is 16.5. The van der Waals surface area contributed by atoms with E-state index in [4.69, 9.17) is 4.74 Å². The van der Waals surface area contributed by atoms with E-state index in [1.165, 1.54) is 33.3 Å². The maximum Gasteiger partial charge on any atom is 0.123 e. The summed E-state index contributed by atoms with van der Waals surface area (Å²) in [6.07, 6.45) is 0.925. The summed E-state index contributed by atoms with van der Waals surface area (Å²) in [5, 5.41) is 1.34. The second-order valence-electron chi connectivity index (χ2n) is 6.92. The lowest BCUT2D eigenvalue weighted by Crippen LogP contribution is -2.16. The number of aromatic nitrogens is 1. The second-order valence-corrected chi connectivity index (χ2v) is 6.92. The van der Waals surface area contributed by atoms with E-state index in [0.29, 0.717) is 6.61 Å². The Balaban J connectivity index is 1.88. The molecule has 3 aromatic carbocycles. The lowest BCUT2D eigenvalue weighted by atomic mass is 9.84. The Labute approximate surface area is 153 Å². The first-order valence-electron chi connectivity index (χ1n) is 9.17. The van der Waals surface area contributed by atoms with Gasteiger partial charge in [-0.2, -0.15) is 0 Å². The van der Waals surface area contributed by atoms with Crippen molar-refractivity contribution in [2.24, 2.45) is 7.05 Å². The summed E-state index contributed by atoms with van der Waals surface area (Å²) in [6, 6.07) is 28.0. The fraction of sp³-hybridized carbons (Fsp3) is 0.167. The summed E-state index contributed by atoms with van der Waals surface area (Å²) in [5.41, 5.74) is 6.63. The van der Waals surface area contributed by atoms with E-state index in [-0.39, 0.29) is 5.92 Å². The predicted molar refractivity (Wildman–Crippen MR) is 106 cm³/mol. The van der Waals surface area contributed by atoms with Crippen molar-refractivity contribution < 1.29 is 4.74 Å². The van der Waals surface area contributed by atoms with Crippen LogP contribution in [-0.2, 0) is 13.5 Å². The van der Waals surface area contributed by atoms with Crippen LogP contribution in [0, 0.1) is 0 Å². The van der Waals surface area contributed by atoms with E-state index in [9.17, 15) is 0 Å². The number of para-hydroxylation sites is 2. The third-order valence-electron chi connectivity index (χ3n) is 5.51. The average Bonchev–Trinajstić information content (AvgIpc) is 2.95. The minimum atomic E-state index is 0.167. The molecule has 0 spiro atoms. The van der Waals surface area contributed by atoms with Gasteiger partial charge in [0.2, 0.25) is 0 Å². The second kappa shape index (κ2) is 6.06. The van der Waals surface area contributed by atoms with Crippen LogP contribution in [0.3, 0.4) is 0 Å². The van der Waals surface area contributed by atoms with Gasteiger partial charge in [0.1, 0.15) is 5.75 Å². The summed E-state index contributed by atoms with van der Waals surface area (Å²) in [7, 11) is 2.20. The molecule has 0 N–H and O–H groups in total. The summed E-state index contributed by atoms with van der Waals surface area (Å²) in [4.78, 5) is 0. The van der Waals surface area contributed by atoms with Gasteiger partial charge in [0.25, 0.3) is 0 Å². The maximum absolute atomic E-state index is 6.19. The van der Waals surface area contributed by atoms with E-state index in [2.05, 4.69) is 90.5 Å². The van der Waals surface area contributed by atoms with Crippen LogP contribution in [0.25, 0.3) is 10.9 Å². The van der Waals surface area contributed by atoms with Crippen LogP contribution in [-0.4, -0.2) is 11.2 Å². The molecule has 1 atom stereocenters. The molecule has 2 heterocycles. The molecule has 0 fully saturated rings. The molecule has 1 aliphatic heterocycles. The molecular weight excluding hydrogens is 318 g/mol. The standard InChI is InChI=1S/C24H21NO/c1-25-21-13-7-5-11-18(21)19-15-16-26-22-14-8-6-12-20(22)23(24(19)25)17-9-3-2-4-10-17/h2-14,23H,15-16H2,1H3. The van der Waals surface area contributed by atoms with Gasteiger partial charge in [-0.3, -0.25) is 0 Å². The van der Waals surface area contributed by atoms with E-state index < -0.39 is 0 Å². The molecular formula is C24H21NO. The summed E-state index contributed by atoms with van der Waals surface area (Å²) in [6.45, 7) is 0.708. The van der Waals surface area contributed by atoms with Crippen molar-refractivity contribution in [1.29, 1.82) is 0 Å². The van der Waals surface area contributed by atoms with Crippen LogP contribution < -0.4 is 4.74 Å². The Morgan fingerprint density at radius 3 is 2.46 bits per heavy atom. The van der Waals surface area contributed by atoms with Gasteiger partial charge >= 0.3 is 0 Å². The first kappa shape index (κ1) is 15.3. The Kier molecular flexibility index (Phi) is 3.56. The van der Waals surface area contributed by atoms with Crippen molar-refractivity contribution in [1.82, 2.24) is 4.57 Å². The third-order valence-corrected chi connectivity index (χ3v) is 5.51. The molecule has 0 saturated heterocycles. The Bertz CT molecular complexity index is 1080. The molecule has 1 unspecified atom stereocenters. The SMILES string of the molecule is Cn1c2c(c3ccccc31)CCOc1ccccc1C2c1ccccc1. The molecule has 5 rings (SSSR count). The van der Waals surface area contributed by atoms with Crippen molar-refractivity contribution in [3.63, 3.8) is 0 Å². The van der Waals surface area contributed by atoms with Crippen LogP contribution in [0.1, 0.15) is 28.3 Å². The number of hydrogen-bond donors (Lipinski definition) is 0. The number of fused-ring (bicyclic) bond motifs is 4. The fourth-order valence-corrected chi connectivity index (χ4v) is 4.37. The Morgan fingerprint density at radius 1 is 0.846 bits per heavy atom. The van der Waals surface area contributed by atoms with Gasteiger partial charge in [0, 0.05) is 35.6 Å². The molecule has 0 saturated carbocycles. The van der Waals surface area contributed by atoms with Crippen molar-refractivity contribution >= 4 is 10.9 Å². The molecule has 0 radical (unpaired) electrons. The molecule has 1 aromatic heterocycles. The Hall–Kier alpha value is -3.00. The molecule has 1 aliphatic rings. The highest BCUT2D eigenvalue weighted by Gasteiger charge is 2.29. The zero-order chi connectivity index (χ0) is 17.5. The normalized spacial score (nSPS) is 16.3. The molecule has 0 bridgehead atoms. The predicted octanol–water partition coefficient (Wildman–Crippen LogP) is 5.29. The summed E-state index contributed by atoms with van der Waals surface area (Å²) >= 11 is 0. The number of ether oxygens (including phenoxy) is 1. The van der Waals surface area contributed by atoms with E-state index in [1.807, 2.05) is 0 Å². The molecule has 128 valence electrons. The number of benzene rings is 3. The van der Waals surface area contributed by atoms with Crippen molar-refractivity contribution in [2.75, 3.05) is 6.61 Å². The first-order chi connectivity index (χ1) is 12.8. The molecule has 0 aliphatic carbocycles. The number of aryl methyl sites for hydroxylation is 1. The molecule has 4 aromatic rings. The highest BCUT2D eigenvalue weighted by molar-refractivity contribution is 5.86. The minimum absolute atomic E-state index is 0.167. The number of nitrogens with zero attached hydrogens (tertiary/aromatic N) is 1. The van der Waals surface area contributed by atoms with Crippen LogP contribution in [0.2, 0.25) is 0 Å². The third kappa shape index (κ3) is 2.26. The number of hydrogen-bond acceptors (Lipinski definition) is 1. The van der Waals surface area contributed by atoms with Crippen LogP contribution in [0.4, 0.5) is 0 Å². The first-order valence-corrected chi connectivity index (χ1v) is 9.17. The van der Waals surface area contributed by atoms with Crippen LogP contribution >= 0.6 is 0 Å². The Morgan fingerprint density at radius 2 is 1.58 bits per heavy atom. The molecule has 2 heteroatoms. The van der Waals surface area contributed by atoms with Gasteiger partial charge in [-0.05, 0) is 23.3 Å². The fourth-order valence-electron chi connectivity index (χ4n) is 4.37. The van der Waals surface area contributed by atoms with Crippen molar-refractivity contribution in [3.05, 3.63) is 101 Å². The zero-order valence-electron chi connectivity index (χ0n) is 14.9. The lowest BCUT2D eigenvalue weighted by molar-refractivity contribution is 0.314. The zero-order valence-corrected chi connectivity index (χ0v) is 14.9. The summed E-state index contributed by atoms with van der Waals surface area (Å²) < 4.78 is 8.57. The van der Waals surface area contributed by atoms with Gasteiger partial charge in [0.15, 0.2) is 0 Å². The number of rotatable bonds is 1. The van der Waals surface area contributed by atoms with E-state index >= 15 is 0 Å². The van der Waals surface area contributed by atoms with Crippen molar-refractivity contribution in [3.8, 4) is 5.75 Å². The van der Waals surface area contributed by atoms with Crippen LogP contribution in [0.15, 0.2) is 78.9 Å².